The Kier molecular flexibility index (Phi) is 3.90. The molecule has 1 amide bonds. The molecule has 0 radical (unpaired) electrons. The largest absolute Gasteiger partial charge is 0.492 e. The number of benzene rings is 1. The second-order valence-corrected chi connectivity index (χ2v) is 6.63. The number of fused-ring (bicyclic) bond motifs is 1. The lowest BCUT2D eigenvalue weighted by Gasteiger charge is -2.57. The minimum Gasteiger partial charge on any atom is -0.492 e. The number of hydrogen-bond donors (Lipinski definition) is 2. The second kappa shape index (κ2) is 5.43. The van der Waals surface area contributed by atoms with Crippen molar-refractivity contribution in [3.05, 3.63) is 28.2 Å². The molecule has 0 aliphatic carbocycles. The number of carbonyl (C=O) groups is 1. The van der Waals surface area contributed by atoms with Crippen molar-refractivity contribution < 1.29 is 19.4 Å². The average molecular weight is 377 g/mol. The Labute approximate surface area is 135 Å². The highest BCUT2D eigenvalue weighted by atomic mass is 79.9. The average Bonchev–Trinajstić information content (AvgIpc) is 2.45. The first-order valence-electron chi connectivity index (χ1n) is 6.55. The molecular weight excluding hydrogens is 362 g/mol. The van der Waals surface area contributed by atoms with Gasteiger partial charge in [0.25, 0.3) is 0 Å². The molecule has 1 aromatic carbocycles. The molecular formula is C14H15BrClNO4. The molecule has 0 aromatic heterocycles. The molecule has 1 unspecified atom stereocenters. The summed E-state index contributed by atoms with van der Waals surface area (Å²) in [5, 5.41) is 13.0. The predicted molar refractivity (Wildman–Crippen MR) is 80.5 cm³/mol. The van der Waals surface area contributed by atoms with Gasteiger partial charge in [0.15, 0.2) is 0 Å². The highest BCUT2D eigenvalue weighted by Crippen LogP contribution is 2.52. The predicted octanol–water partition coefficient (Wildman–Crippen LogP) is 1.40. The second-order valence-electron chi connectivity index (χ2n) is 5.45. The van der Waals surface area contributed by atoms with E-state index in [0.29, 0.717) is 25.6 Å². The molecule has 1 fully saturated rings. The van der Waals surface area contributed by atoms with Crippen LogP contribution in [0.3, 0.4) is 0 Å². The summed E-state index contributed by atoms with van der Waals surface area (Å²) < 4.78 is 12.0. The summed E-state index contributed by atoms with van der Waals surface area (Å²) in [7, 11) is 0. The van der Waals surface area contributed by atoms with Crippen molar-refractivity contribution in [2.24, 2.45) is 5.41 Å². The van der Waals surface area contributed by atoms with Gasteiger partial charge in [-0.1, -0.05) is 15.9 Å². The first-order chi connectivity index (χ1) is 10.1. The van der Waals surface area contributed by atoms with E-state index in [0.717, 1.165) is 10.0 Å². The van der Waals surface area contributed by atoms with Crippen LogP contribution in [-0.2, 0) is 15.1 Å². The Morgan fingerprint density at radius 1 is 1.43 bits per heavy atom. The molecule has 2 aliphatic heterocycles. The number of carbonyl (C=O) groups excluding carboxylic acids is 1. The lowest BCUT2D eigenvalue weighted by atomic mass is 9.63. The Balaban J connectivity index is 2.15. The molecule has 114 valence electrons. The first kappa shape index (κ1) is 15.1. The fourth-order valence-corrected chi connectivity index (χ4v) is 3.46. The summed E-state index contributed by atoms with van der Waals surface area (Å²) in [6, 6.07) is 5.54. The van der Waals surface area contributed by atoms with E-state index in [1.54, 1.807) is 0 Å². The van der Waals surface area contributed by atoms with Crippen LogP contribution in [-0.4, -0.2) is 43.3 Å². The van der Waals surface area contributed by atoms with Crippen molar-refractivity contribution in [3.8, 4) is 5.75 Å². The number of rotatable bonds is 3. The van der Waals surface area contributed by atoms with Gasteiger partial charge in [0, 0.05) is 10.0 Å². The highest BCUT2D eigenvalue weighted by molar-refractivity contribution is 9.10. The van der Waals surface area contributed by atoms with E-state index in [-0.39, 0.29) is 18.4 Å². The molecule has 21 heavy (non-hydrogen) atoms. The van der Waals surface area contributed by atoms with Crippen LogP contribution in [0, 0.1) is 5.41 Å². The zero-order valence-electron chi connectivity index (χ0n) is 11.2. The normalized spacial score (nSPS) is 25.7. The molecule has 2 heterocycles. The summed E-state index contributed by atoms with van der Waals surface area (Å²) in [5.74, 6) is 0.160. The zero-order chi connectivity index (χ0) is 15.1. The third kappa shape index (κ3) is 2.16. The topological polar surface area (TPSA) is 67.8 Å². The molecule has 7 heteroatoms. The van der Waals surface area contributed by atoms with Gasteiger partial charge in [-0.3, -0.25) is 4.79 Å². The summed E-state index contributed by atoms with van der Waals surface area (Å²) in [6.07, 6.45) is 0. The molecule has 0 saturated carbocycles. The van der Waals surface area contributed by atoms with E-state index in [4.69, 9.17) is 21.1 Å². The smallest absolute Gasteiger partial charge is 0.235 e. The fraction of sp³-hybridized carbons (Fsp3) is 0.500. The van der Waals surface area contributed by atoms with Gasteiger partial charge in [-0.15, -0.1) is 11.6 Å². The number of aliphatic hydroxyl groups is 1. The van der Waals surface area contributed by atoms with Gasteiger partial charge in [-0.05, 0) is 18.2 Å². The lowest BCUT2D eigenvalue weighted by Crippen LogP contribution is -2.71. The van der Waals surface area contributed by atoms with Crippen molar-refractivity contribution >= 4 is 33.4 Å². The van der Waals surface area contributed by atoms with E-state index >= 15 is 0 Å². The van der Waals surface area contributed by atoms with Crippen molar-refractivity contribution in [3.63, 3.8) is 0 Å². The maximum absolute atomic E-state index is 11.9. The summed E-state index contributed by atoms with van der Waals surface area (Å²) >= 11 is 9.06. The molecule has 1 atom stereocenters. The van der Waals surface area contributed by atoms with Gasteiger partial charge >= 0.3 is 0 Å². The maximum atomic E-state index is 11.9. The van der Waals surface area contributed by atoms with E-state index in [1.165, 1.54) is 0 Å². The number of nitrogens with one attached hydrogen (secondary N) is 1. The Hall–Kier alpha value is -0.820. The summed E-state index contributed by atoms with van der Waals surface area (Å²) in [6.45, 7) is 0.973. The van der Waals surface area contributed by atoms with Crippen LogP contribution in [0.1, 0.15) is 5.56 Å². The van der Waals surface area contributed by atoms with Crippen LogP contribution in [0.4, 0.5) is 0 Å². The Morgan fingerprint density at radius 2 is 2.19 bits per heavy atom. The minimum atomic E-state index is -0.950. The molecule has 3 rings (SSSR count). The standard InChI is InChI=1S/C14H15BrClNO4/c15-9-1-2-11-10(3-9)14(5-18,17-12(19)4-16)13(8-21-11)6-20-7-13/h1-3,18H,4-8H2,(H,17,19). The van der Waals surface area contributed by atoms with Crippen LogP contribution < -0.4 is 10.1 Å². The van der Waals surface area contributed by atoms with Crippen LogP contribution in [0.25, 0.3) is 0 Å². The van der Waals surface area contributed by atoms with Gasteiger partial charge in [0.1, 0.15) is 23.8 Å². The van der Waals surface area contributed by atoms with Crippen molar-refractivity contribution in [2.45, 2.75) is 5.54 Å². The van der Waals surface area contributed by atoms with Crippen LogP contribution in [0.15, 0.2) is 22.7 Å². The molecule has 0 bridgehead atoms. The summed E-state index contributed by atoms with van der Waals surface area (Å²) in [4.78, 5) is 11.9. The van der Waals surface area contributed by atoms with Gasteiger partial charge in [0.05, 0.1) is 25.2 Å². The van der Waals surface area contributed by atoms with E-state index in [1.807, 2.05) is 18.2 Å². The van der Waals surface area contributed by atoms with E-state index in [2.05, 4.69) is 21.2 Å². The number of ether oxygens (including phenoxy) is 2. The number of aliphatic hydroxyl groups excluding tert-OH is 1. The Bertz CT molecular complexity index is 578. The van der Waals surface area contributed by atoms with Crippen LogP contribution >= 0.6 is 27.5 Å². The SMILES string of the molecule is O=C(CCl)NC1(CO)c2cc(Br)ccc2OCC12COC2. The third-order valence-electron chi connectivity index (χ3n) is 4.28. The zero-order valence-corrected chi connectivity index (χ0v) is 13.5. The molecule has 1 spiro atoms. The van der Waals surface area contributed by atoms with Crippen molar-refractivity contribution in [2.75, 3.05) is 32.3 Å². The van der Waals surface area contributed by atoms with E-state index in [9.17, 15) is 9.90 Å². The molecule has 2 aliphatic rings. The molecule has 1 saturated heterocycles. The van der Waals surface area contributed by atoms with E-state index < -0.39 is 11.0 Å². The Morgan fingerprint density at radius 3 is 2.76 bits per heavy atom. The fourth-order valence-electron chi connectivity index (χ4n) is 3.03. The number of amides is 1. The minimum absolute atomic E-state index is 0.164. The van der Waals surface area contributed by atoms with Crippen LogP contribution in [0.5, 0.6) is 5.75 Å². The number of halogens is 2. The first-order valence-corrected chi connectivity index (χ1v) is 7.88. The molecule has 2 N–H and O–H groups in total. The maximum Gasteiger partial charge on any atom is 0.235 e. The summed E-state index contributed by atoms with van der Waals surface area (Å²) in [5.41, 5.74) is -0.682. The van der Waals surface area contributed by atoms with Crippen molar-refractivity contribution in [1.29, 1.82) is 0 Å². The quantitative estimate of drug-likeness (QED) is 0.783. The van der Waals surface area contributed by atoms with Gasteiger partial charge in [0.2, 0.25) is 5.91 Å². The van der Waals surface area contributed by atoms with Crippen molar-refractivity contribution in [1.82, 2.24) is 5.32 Å². The highest BCUT2D eigenvalue weighted by Gasteiger charge is 2.61. The van der Waals surface area contributed by atoms with Gasteiger partial charge < -0.3 is 19.9 Å². The number of alkyl halides is 1. The molecule has 5 nitrogen and oxygen atoms in total. The lowest BCUT2D eigenvalue weighted by molar-refractivity contribution is -0.202. The number of hydrogen-bond acceptors (Lipinski definition) is 4. The van der Waals surface area contributed by atoms with Gasteiger partial charge in [-0.25, -0.2) is 0 Å². The van der Waals surface area contributed by atoms with Crippen LogP contribution in [0.2, 0.25) is 0 Å². The molecule has 1 aromatic rings. The third-order valence-corrected chi connectivity index (χ3v) is 5.01. The van der Waals surface area contributed by atoms with Gasteiger partial charge in [-0.2, -0.15) is 0 Å². The monoisotopic (exact) mass is 375 g/mol.